The molecular formula is C17H19F2N3O2. The van der Waals surface area contributed by atoms with Crippen molar-refractivity contribution in [2.45, 2.75) is 32.9 Å². The van der Waals surface area contributed by atoms with E-state index in [1.807, 2.05) is 11.8 Å². The summed E-state index contributed by atoms with van der Waals surface area (Å²) in [6.45, 7) is 5.46. The van der Waals surface area contributed by atoms with Gasteiger partial charge in [0, 0.05) is 25.7 Å². The molecule has 2 heterocycles. The molecule has 0 aliphatic carbocycles. The summed E-state index contributed by atoms with van der Waals surface area (Å²) in [4.78, 5) is 18.3. The van der Waals surface area contributed by atoms with Gasteiger partial charge in [0.15, 0.2) is 0 Å². The van der Waals surface area contributed by atoms with E-state index < -0.39 is 11.6 Å². The van der Waals surface area contributed by atoms with Crippen LogP contribution in [0.4, 0.5) is 8.78 Å². The third-order valence-corrected chi connectivity index (χ3v) is 4.24. The number of hydrogen-bond acceptors (Lipinski definition) is 4. The van der Waals surface area contributed by atoms with Gasteiger partial charge in [-0.15, -0.1) is 0 Å². The van der Waals surface area contributed by atoms with E-state index in [0.717, 1.165) is 12.6 Å². The molecule has 7 heteroatoms. The lowest BCUT2D eigenvalue weighted by Crippen LogP contribution is -2.54. The van der Waals surface area contributed by atoms with Crippen LogP contribution >= 0.6 is 0 Å². The summed E-state index contributed by atoms with van der Waals surface area (Å²) < 4.78 is 32.5. The third kappa shape index (κ3) is 3.17. The zero-order valence-corrected chi connectivity index (χ0v) is 13.6. The van der Waals surface area contributed by atoms with Crippen molar-refractivity contribution >= 4 is 5.91 Å². The number of carbonyl (C=O) groups excluding carboxylic acids is 1. The van der Waals surface area contributed by atoms with Crippen molar-refractivity contribution in [3.8, 4) is 11.5 Å². The zero-order valence-electron chi connectivity index (χ0n) is 13.6. The van der Waals surface area contributed by atoms with Gasteiger partial charge in [0.2, 0.25) is 11.8 Å². The lowest BCUT2D eigenvalue weighted by atomic mass is 10.1. The van der Waals surface area contributed by atoms with Gasteiger partial charge in [-0.25, -0.2) is 13.8 Å². The monoisotopic (exact) mass is 335 g/mol. The van der Waals surface area contributed by atoms with Crippen LogP contribution in [0.2, 0.25) is 0 Å². The number of amides is 1. The quantitative estimate of drug-likeness (QED) is 0.933. The number of hydrogen-bond donors (Lipinski definition) is 1. The summed E-state index contributed by atoms with van der Waals surface area (Å²) in [5, 5.41) is 2.85. The smallest absolute Gasteiger partial charge is 0.237 e. The SMILES string of the molecule is CC[C@H]1C(=O)NCCN1Cc1nc(-c2ccc(F)cc2F)oc1C. The number of benzene rings is 1. The molecule has 1 amide bonds. The molecule has 1 saturated heterocycles. The number of aromatic nitrogens is 1. The maximum Gasteiger partial charge on any atom is 0.237 e. The van der Waals surface area contributed by atoms with Crippen molar-refractivity contribution in [2.75, 3.05) is 13.1 Å². The molecule has 1 aliphatic rings. The molecule has 0 bridgehead atoms. The van der Waals surface area contributed by atoms with Crippen molar-refractivity contribution in [3.63, 3.8) is 0 Å². The summed E-state index contributed by atoms with van der Waals surface area (Å²) in [6, 6.07) is 3.07. The minimum Gasteiger partial charge on any atom is -0.441 e. The Morgan fingerprint density at radius 2 is 2.21 bits per heavy atom. The molecule has 128 valence electrons. The van der Waals surface area contributed by atoms with Gasteiger partial charge >= 0.3 is 0 Å². The number of oxazole rings is 1. The molecule has 2 aromatic rings. The van der Waals surface area contributed by atoms with Crippen LogP contribution in [0.3, 0.4) is 0 Å². The maximum atomic E-state index is 13.9. The lowest BCUT2D eigenvalue weighted by molar-refractivity contribution is -0.129. The Balaban J connectivity index is 1.85. The van der Waals surface area contributed by atoms with Gasteiger partial charge in [0.25, 0.3) is 0 Å². The Bertz CT molecular complexity index is 760. The molecule has 1 aromatic carbocycles. The molecule has 1 atom stereocenters. The van der Waals surface area contributed by atoms with Crippen LogP contribution in [0.5, 0.6) is 0 Å². The molecular weight excluding hydrogens is 316 g/mol. The Morgan fingerprint density at radius 3 is 2.92 bits per heavy atom. The molecule has 24 heavy (non-hydrogen) atoms. The first-order valence-electron chi connectivity index (χ1n) is 7.93. The van der Waals surface area contributed by atoms with Crippen LogP contribution in [-0.4, -0.2) is 34.9 Å². The number of nitrogens with zero attached hydrogens (tertiary/aromatic N) is 2. The summed E-state index contributed by atoms with van der Waals surface area (Å²) >= 11 is 0. The number of piperazine rings is 1. The van der Waals surface area contributed by atoms with Gasteiger partial charge in [0.1, 0.15) is 17.4 Å². The van der Waals surface area contributed by atoms with Gasteiger partial charge in [-0.1, -0.05) is 6.92 Å². The number of carbonyl (C=O) groups is 1. The van der Waals surface area contributed by atoms with Gasteiger partial charge in [-0.2, -0.15) is 0 Å². The van der Waals surface area contributed by atoms with Crippen molar-refractivity contribution in [1.29, 1.82) is 0 Å². The minimum absolute atomic E-state index is 0.00898. The van der Waals surface area contributed by atoms with Gasteiger partial charge in [-0.3, -0.25) is 9.69 Å². The highest BCUT2D eigenvalue weighted by atomic mass is 19.1. The fourth-order valence-electron chi connectivity index (χ4n) is 2.94. The normalized spacial score (nSPS) is 18.7. The Morgan fingerprint density at radius 1 is 1.42 bits per heavy atom. The van der Waals surface area contributed by atoms with E-state index >= 15 is 0 Å². The fraction of sp³-hybridized carbons (Fsp3) is 0.412. The second kappa shape index (κ2) is 6.68. The van der Waals surface area contributed by atoms with Crippen molar-refractivity contribution in [2.24, 2.45) is 0 Å². The Kier molecular flexibility index (Phi) is 4.62. The average molecular weight is 335 g/mol. The zero-order chi connectivity index (χ0) is 17.3. The van der Waals surface area contributed by atoms with Gasteiger partial charge < -0.3 is 9.73 Å². The summed E-state index contributed by atoms with van der Waals surface area (Å²) in [6.07, 6.45) is 0.697. The molecule has 0 radical (unpaired) electrons. The second-order valence-corrected chi connectivity index (χ2v) is 5.83. The first-order chi connectivity index (χ1) is 11.5. The topological polar surface area (TPSA) is 58.4 Å². The molecule has 0 unspecified atom stereocenters. The van der Waals surface area contributed by atoms with Crippen LogP contribution in [0, 0.1) is 18.6 Å². The maximum absolute atomic E-state index is 13.9. The highest BCUT2D eigenvalue weighted by molar-refractivity contribution is 5.82. The van der Waals surface area contributed by atoms with Gasteiger partial charge in [0.05, 0.1) is 17.3 Å². The molecule has 1 aromatic heterocycles. The van der Waals surface area contributed by atoms with E-state index in [0.29, 0.717) is 31.0 Å². The second-order valence-electron chi connectivity index (χ2n) is 5.83. The van der Waals surface area contributed by atoms with Crippen LogP contribution < -0.4 is 5.32 Å². The standard InChI is InChI=1S/C17H19F2N3O2/c1-3-15-16(23)20-6-7-22(15)9-14-10(2)24-17(21-14)12-5-4-11(18)8-13(12)19/h4-5,8,15H,3,6-7,9H2,1-2H3,(H,20,23)/t15-/m0/s1. The largest absolute Gasteiger partial charge is 0.441 e. The average Bonchev–Trinajstić information content (AvgIpc) is 2.88. The summed E-state index contributed by atoms with van der Waals surface area (Å²) in [5.74, 6) is -0.671. The van der Waals surface area contributed by atoms with Crippen LogP contribution in [0.15, 0.2) is 22.6 Å². The number of nitrogens with one attached hydrogen (secondary N) is 1. The first-order valence-corrected chi connectivity index (χ1v) is 7.93. The summed E-state index contributed by atoms with van der Waals surface area (Å²) in [7, 11) is 0. The number of aryl methyl sites for hydroxylation is 1. The van der Waals surface area contributed by atoms with Crippen molar-refractivity contribution in [1.82, 2.24) is 15.2 Å². The fourth-order valence-corrected chi connectivity index (χ4v) is 2.94. The minimum atomic E-state index is -0.716. The van der Waals surface area contributed by atoms with E-state index in [1.165, 1.54) is 12.1 Å². The molecule has 1 N–H and O–H groups in total. The Labute approximate surface area is 138 Å². The Hall–Kier alpha value is -2.28. The third-order valence-electron chi connectivity index (χ3n) is 4.24. The number of halogens is 2. The van der Waals surface area contributed by atoms with E-state index in [2.05, 4.69) is 10.3 Å². The molecule has 1 fully saturated rings. The molecule has 1 aliphatic heterocycles. The molecule has 0 saturated carbocycles. The van der Waals surface area contributed by atoms with E-state index in [9.17, 15) is 13.6 Å². The molecule has 5 nitrogen and oxygen atoms in total. The molecule has 3 rings (SSSR count). The summed E-state index contributed by atoms with van der Waals surface area (Å²) in [5.41, 5.74) is 0.774. The van der Waals surface area contributed by atoms with E-state index in [1.54, 1.807) is 6.92 Å². The van der Waals surface area contributed by atoms with E-state index in [-0.39, 0.29) is 23.4 Å². The van der Waals surface area contributed by atoms with E-state index in [4.69, 9.17) is 4.42 Å². The highest BCUT2D eigenvalue weighted by Gasteiger charge is 2.29. The first kappa shape index (κ1) is 16.6. The molecule has 0 spiro atoms. The highest BCUT2D eigenvalue weighted by Crippen LogP contribution is 2.26. The number of rotatable bonds is 4. The van der Waals surface area contributed by atoms with Crippen molar-refractivity contribution < 1.29 is 18.0 Å². The lowest BCUT2D eigenvalue weighted by Gasteiger charge is -2.33. The van der Waals surface area contributed by atoms with Gasteiger partial charge in [-0.05, 0) is 25.5 Å². The predicted molar refractivity (Wildman–Crippen MR) is 84.1 cm³/mol. The van der Waals surface area contributed by atoms with Crippen molar-refractivity contribution in [3.05, 3.63) is 41.3 Å². The van der Waals surface area contributed by atoms with Crippen LogP contribution in [-0.2, 0) is 11.3 Å². The van der Waals surface area contributed by atoms with Crippen LogP contribution in [0.1, 0.15) is 24.8 Å². The van der Waals surface area contributed by atoms with Crippen LogP contribution in [0.25, 0.3) is 11.5 Å². The predicted octanol–water partition coefficient (Wildman–Crippen LogP) is 2.64.